The van der Waals surface area contributed by atoms with E-state index in [1.165, 1.54) is 11.1 Å². The van der Waals surface area contributed by atoms with Gasteiger partial charge in [-0.3, -0.25) is 0 Å². The Labute approximate surface area is 104 Å². The molecule has 0 aliphatic rings. The van der Waals surface area contributed by atoms with Crippen LogP contribution in [0.5, 0.6) is 0 Å². The molecule has 0 aliphatic carbocycles. The van der Waals surface area contributed by atoms with Crippen molar-refractivity contribution in [3.63, 3.8) is 0 Å². The van der Waals surface area contributed by atoms with Crippen LogP contribution in [-0.2, 0) is 0 Å². The minimum absolute atomic E-state index is 0.265. The molecule has 2 nitrogen and oxygen atoms in total. The maximum atomic E-state index is 9.65. The van der Waals surface area contributed by atoms with Crippen LogP contribution >= 0.6 is 0 Å². The fourth-order valence-electron chi connectivity index (χ4n) is 1.90. The van der Waals surface area contributed by atoms with Crippen LogP contribution in [0, 0.1) is 0 Å². The van der Waals surface area contributed by atoms with Gasteiger partial charge in [0.1, 0.15) is 0 Å². The fourth-order valence-corrected chi connectivity index (χ4v) is 1.90. The van der Waals surface area contributed by atoms with E-state index >= 15 is 0 Å². The van der Waals surface area contributed by atoms with E-state index < -0.39 is 12.2 Å². The fraction of sp³-hybridized carbons (Fsp3) is 0.600. The standard InChI is InChI=1S/C15H24O2/c1-10(2)13-5-7-14(8-6-13)11(3)9-15(17)12(4)16/h5-8,10-12,15-17H,9H2,1-4H3. The number of aliphatic hydroxyl groups excluding tert-OH is 2. The first-order valence-electron chi connectivity index (χ1n) is 6.37. The van der Waals surface area contributed by atoms with Crippen molar-refractivity contribution in [1.82, 2.24) is 0 Å². The Bertz CT molecular complexity index is 327. The van der Waals surface area contributed by atoms with Gasteiger partial charge in [0.2, 0.25) is 0 Å². The van der Waals surface area contributed by atoms with Crippen LogP contribution in [-0.4, -0.2) is 22.4 Å². The molecular weight excluding hydrogens is 212 g/mol. The summed E-state index contributed by atoms with van der Waals surface area (Å²) in [6.45, 7) is 8.06. The number of rotatable bonds is 5. The summed E-state index contributed by atoms with van der Waals surface area (Å²) in [5, 5.41) is 18.9. The lowest BCUT2D eigenvalue weighted by atomic mass is 9.91. The van der Waals surface area contributed by atoms with Gasteiger partial charge in [-0.25, -0.2) is 0 Å². The smallest absolute Gasteiger partial charge is 0.0802 e. The lowest BCUT2D eigenvalue weighted by Gasteiger charge is -2.19. The van der Waals surface area contributed by atoms with Crippen LogP contribution < -0.4 is 0 Å². The quantitative estimate of drug-likeness (QED) is 0.825. The minimum Gasteiger partial charge on any atom is -0.391 e. The molecule has 1 rings (SSSR count). The van der Waals surface area contributed by atoms with Gasteiger partial charge < -0.3 is 10.2 Å². The minimum atomic E-state index is -0.660. The molecule has 0 saturated carbocycles. The number of aliphatic hydroxyl groups is 2. The molecule has 0 fully saturated rings. The molecule has 2 N–H and O–H groups in total. The van der Waals surface area contributed by atoms with Crippen molar-refractivity contribution in [2.24, 2.45) is 0 Å². The van der Waals surface area contributed by atoms with E-state index in [2.05, 4.69) is 45.0 Å². The zero-order chi connectivity index (χ0) is 13.0. The predicted octanol–water partition coefficient (Wildman–Crippen LogP) is 3.05. The molecule has 1 aromatic carbocycles. The summed E-state index contributed by atoms with van der Waals surface area (Å²) in [7, 11) is 0. The van der Waals surface area contributed by atoms with Gasteiger partial charge in [-0.05, 0) is 36.3 Å². The summed E-state index contributed by atoms with van der Waals surface area (Å²) in [5.41, 5.74) is 2.55. The predicted molar refractivity (Wildman–Crippen MR) is 71.3 cm³/mol. The Morgan fingerprint density at radius 2 is 1.35 bits per heavy atom. The molecule has 0 amide bonds. The average Bonchev–Trinajstić information content (AvgIpc) is 2.28. The Morgan fingerprint density at radius 3 is 1.76 bits per heavy atom. The summed E-state index contributed by atoms with van der Waals surface area (Å²) >= 11 is 0. The van der Waals surface area contributed by atoms with Gasteiger partial charge in [0, 0.05) is 0 Å². The third-order valence-electron chi connectivity index (χ3n) is 3.32. The number of hydrogen-bond donors (Lipinski definition) is 2. The third kappa shape index (κ3) is 4.14. The lowest BCUT2D eigenvalue weighted by molar-refractivity contribution is 0.0227. The Kier molecular flexibility index (Phi) is 5.16. The summed E-state index contributed by atoms with van der Waals surface area (Å²) in [5.74, 6) is 0.809. The molecule has 2 heteroatoms. The van der Waals surface area contributed by atoms with Crippen molar-refractivity contribution < 1.29 is 10.2 Å². The van der Waals surface area contributed by atoms with Gasteiger partial charge >= 0.3 is 0 Å². The van der Waals surface area contributed by atoms with E-state index in [0.717, 1.165) is 0 Å². The van der Waals surface area contributed by atoms with E-state index in [9.17, 15) is 10.2 Å². The Balaban J connectivity index is 2.66. The van der Waals surface area contributed by atoms with Gasteiger partial charge in [0.05, 0.1) is 12.2 Å². The van der Waals surface area contributed by atoms with Crippen LogP contribution in [0.2, 0.25) is 0 Å². The number of hydrogen-bond acceptors (Lipinski definition) is 2. The molecule has 0 aliphatic heterocycles. The first kappa shape index (κ1) is 14.2. The first-order valence-corrected chi connectivity index (χ1v) is 6.37. The van der Waals surface area contributed by atoms with Crippen LogP contribution in [0.4, 0.5) is 0 Å². The van der Waals surface area contributed by atoms with E-state index in [-0.39, 0.29) is 5.92 Å². The Morgan fingerprint density at radius 1 is 0.882 bits per heavy atom. The van der Waals surface area contributed by atoms with Crippen molar-refractivity contribution in [3.05, 3.63) is 35.4 Å². The van der Waals surface area contributed by atoms with Gasteiger partial charge in [-0.2, -0.15) is 0 Å². The van der Waals surface area contributed by atoms with Crippen molar-refractivity contribution in [1.29, 1.82) is 0 Å². The second kappa shape index (κ2) is 6.18. The molecule has 0 aromatic heterocycles. The highest BCUT2D eigenvalue weighted by Gasteiger charge is 2.16. The summed E-state index contributed by atoms with van der Waals surface area (Å²) < 4.78 is 0. The second-order valence-electron chi connectivity index (χ2n) is 5.27. The van der Waals surface area contributed by atoms with Crippen molar-refractivity contribution in [2.45, 2.75) is 58.2 Å². The van der Waals surface area contributed by atoms with Crippen LogP contribution in [0.1, 0.15) is 57.1 Å². The molecule has 96 valence electrons. The molecule has 17 heavy (non-hydrogen) atoms. The molecule has 0 radical (unpaired) electrons. The van der Waals surface area contributed by atoms with Crippen molar-refractivity contribution >= 4 is 0 Å². The van der Waals surface area contributed by atoms with Gasteiger partial charge in [-0.1, -0.05) is 45.0 Å². The molecule has 1 aromatic rings. The molecule has 0 bridgehead atoms. The SMILES string of the molecule is CC(C)c1ccc(C(C)CC(O)C(C)O)cc1. The summed E-state index contributed by atoms with van der Waals surface area (Å²) in [4.78, 5) is 0. The lowest BCUT2D eigenvalue weighted by Crippen LogP contribution is -2.24. The Hall–Kier alpha value is -0.860. The number of benzene rings is 1. The zero-order valence-corrected chi connectivity index (χ0v) is 11.2. The van der Waals surface area contributed by atoms with Crippen molar-refractivity contribution in [2.75, 3.05) is 0 Å². The highest BCUT2D eigenvalue weighted by atomic mass is 16.3. The van der Waals surface area contributed by atoms with Gasteiger partial charge in [0.15, 0.2) is 0 Å². The van der Waals surface area contributed by atoms with E-state index in [1.54, 1.807) is 6.92 Å². The topological polar surface area (TPSA) is 40.5 Å². The average molecular weight is 236 g/mol. The van der Waals surface area contributed by atoms with Crippen LogP contribution in [0.3, 0.4) is 0 Å². The van der Waals surface area contributed by atoms with E-state index in [1.807, 2.05) is 0 Å². The molecule has 3 unspecified atom stereocenters. The largest absolute Gasteiger partial charge is 0.391 e. The van der Waals surface area contributed by atoms with Crippen LogP contribution in [0.25, 0.3) is 0 Å². The van der Waals surface area contributed by atoms with Crippen LogP contribution in [0.15, 0.2) is 24.3 Å². The summed E-state index contributed by atoms with van der Waals surface area (Å²) in [6.07, 6.45) is -0.708. The van der Waals surface area contributed by atoms with Crippen molar-refractivity contribution in [3.8, 4) is 0 Å². The summed E-state index contributed by atoms with van der Waals surface area (Å²) in [6, 6.07) is 8.53. The molecule has 0 heterocycles. The second-order valence-corrected chi connectivity index (χ2v) is 5.27. The molecule has 3 atom stereocenters. The monoisotopic (exact) mass is 236 g/mol. The third-order valence-corrected chi connectivity index (χ3v) is 3.32. The van der Waals surface area contributed by atoms with E-state index in [4.69, 9.17) is 0 Å². The maximum Gasteiger partial charge on any atom is 0.0802 e. The van der Waals surface area contributed by atoms with E-state index in [0.29, 0.717) is 12.3 Å². The van der Waals surface area contributed by atoms with Gasteiger partial charge in [-0.15, -0.1) is 0 Å². The molecule has 0 spiro atoms. The highest BCUT2D eigenvalue weighted by molar-refractivity contribution is 5.26. The molecule has 0 saturated heterocycles. The zero-order valence-electron chi connectivity index (χ0n) is 11.2. The normalized spacial score (nSPS) is 16.9. The highest BCUT2D eigenvalue weighted by Crippen LogP contribution is 2.24. The first-order chi connectivity index (χ1) is 7.91. The maximum absolute atomic E-state index is 9.65. The van der Waals surface area contributed by atoms with Gasteiger partial charge in [0.25, 0.3) is 0 Å². The molecular formula is C15H24O2.